The Balaban J connectivity index is 1.68. The van der Waals surface area contributed by atoms with E-state index in [9.17, 15) is 18.8 Å². The van der Waals surface area contributed by atoms with Crippen LogP contribution in [0.4, 0.5) is 14.9 Å². The van der Waals surface area contributed by atoms with Crippen molar-refractivity contribution in [2.24, 2.45) is 5.92 Å². The molecule has 1 aromatic carbocycles. The van der Waals surface area contributed by atoms with E-state index >= 15 is 0 Å². The molecule has 1 saturated heterocycles. The molecular formula is C15H15ClFN3O3. The highest BCUT2D eigenvalue weighted by Gasteiger charge is 2.56. The molecule has 0 bridgehead atoms. The van der Waals surface area contributed by atoms with Gasteiger partial charge in [0.1, 0.15) is 17.9 Å². The van der Waals surface area contributed by atoms with Crippen LogP contribution < -0.4 is 10.6 Å². The maximum Gasteiger partial charge on any atom is 0.325 e. The summed E-state index contributed by atoms with van der Waals surface area (Å²) in [4.78, 5) is 37.2. The molecule has 6 nitrogen and oxygen atoms in total. The number of urea groups is 1. The summed E-state index contributed by atoms with van der Waals surface area (Å²) in [5.41, 5.74) is -1.00. The normalized spacial score (nSPS) is 23.9. The number of anilines is 1. The van der Waals surface area contributed by atoms with Crippen LogP contribution in [-0.4, -0.2) is 34.8 Å². The standard InChI is InChI=1S/C15H15ClFN3O3/c1-15(8-2-3-8)13(22)20(14(23)19-15)7-12(21)18-11-5-4-9(16)6-10(11)17/h4-6,8H,2-3,7H2,1H3,(H,18,21)(H,19,23). The molecule has 1 heterocycles. The van der Waals surface area contributed by atoms with Gasteiger partial charge in [-0.15, -0.1) is 0 Å². The fourth-order valence-corrected chi connectivity index (χ4v) is 2.88. The van der Waals surface area contributed by atoms with Crippen molar-refractivity contribution in [2.75, 3.05) is 11.9 Å². The molecule has 4 amide bonds. The molecule has 2 aliphatic rings. The van der Waals surface area contributed by atoms with Crippen molar-refractivity contribution in [2.45, 2.75) is 25.3 Å². The van der Waals surface area contributed by atoms with Gasteiger partial charge in [0.25, 0.3) is 5.91 Å². The molecule has 3 rings (SSSR count). The number of amides is 4. The van der Waals surface area contributed by atoms with E-state index in [0.717, 1.165) is 23.8 Å². The third kappa shape index (κ3) is 2.88. The first-order valence-corrected chi connectivity index (χ1v) is 7.58. The molecule has 1 saturated carbocycles. The topological polar surface area (TPSA) is 78.5 Å². The summed E-state index contributed by atoms with van der Waals surface area (Å²) < 4.78 is 13.7. The van der Waals surface area contributed by atoms with E-state index in [1.54, 1.807) is 6.92 Å². The number of hydrogen-bond acceptors (Lipinski definition) is 3. The first-order chi connectivity index (χ1) is 10.8. The minimum atomic E-state index is -0.942. The van der Waals surface area contributed by atoms with E-state index in [-0.39, 0.29) is 16.6 Å². The van der Waals surface area contributed by atoms with Gasteiger partial charge in [-0.2, -0.15) is 0 Å². The van der Waals surface area contributed by atoms with E-state index in [1.165, 1.54) is 12.1 Å². The molecule has 1 atom stereocenters. The highest BCUT2D eigenvalue weighted by atomic mass is 35.5. The average molecular weight is 340 g/mol. The molecule has 8 heteroatoms. The third-order valence-electron chi connectivity index (χ3n) is 4.20. The van der Waals surface area contributed by atoms with Gasteiger partial charge in [-0.3, -0.25) is 14.5 Å². The zero-order valence-electron chi connectivity index (χ0n) is 12.4. The molecule has 2 fully saturated rings. The van der Waals surface area contributed by atoms with Crippen LogP contribution in [0.5, 0.6) is 0 Å². The van der Waals surface area contributed by atoms with E-state index in [0.29, 0.717) is 0 Å². The Hall–Kier alpha value is -2.15. The van der Waals surface area contributed by atoms with Gasteiger partial charge in [-0.1, -0.05) is 11.6 Å². The van der Waals surface area contributed by atoms with Gasteiger partial charge < -0.3 is 10.6 Å². The summed E-state index contributed by atoms with van der Waals surface area (Å²) in [7, 11) is 0. The number of nitrogens with one attached hydrogen (secondary N) is 2. The third-order valence-corrected chi connectivity index (χ3v) is 4.44. The van der Waals surface area contributed by atoms with E-state index in [2.05, 4.69) is 10.6 Å². The molecule has 1 aliphatic heterocycles. The molecule has 122 valence electrons. The lowest BCUT2D eigenvalue weighted by Gasteiger charge is -2.20. The Labute approximate surface area is 137 Å². The minimum Gasteiger partial charge on any atom is -0.323 e. The lowest BCUT2D eigenvalue weighted by Crippen LogP contribution is -2.46. The van der Waals surface area contributed by atoms with Crippen molar-refractivity contribution in [3.63, 3.8) is 0 Å². The highest BCUT2D eigenvalue weighted by molar-refractivity contribution is 6.30. The zero-order chi connectivity index (χ0) is 16.8. The first-order valence-electron chi connectivity index (χ1n) is 7.20. The zero-order valence-corrected chi connectivity index (χ0v) is 13.1. The largest absolute Gasteiger partial charge is 0.325 e. The Morgan fingerprint density at radius 3 is 2.78 bits per heavy atom. The second kappa shape index (κ2) is 5.49. The maximum atomic E-state index is 13.7. The second-order valence-electron chi connectivity index (χ2n) is 5.97. The van der Waals surface area contributed by atoms with Gasteiger partial charge in [0, 0.05) is 5.02 Å². The van der Waals surface area contributed by atoms with Gasteiger partial charge in [0.05, 0.1) is 5.69 Å². The van der Waals surface area contributed by atoms with Crippen LogP contribution >= 0.6 is 11.6 Å². The number of benzene rings is 1. The minimum absolute atomic E-state index is 0.0589. The summed E-state index contributed by atoms with van der Waals surface area (Å²) in [6.07, 6.45) is 1.75. The number of rotatable bonds is 4. The molecule has 1 aromatic rings. The van der Waals surface area contributed by atoms with Crippen molar-refractivity contribution in [3.05, 3.63) is 29.0 Å². The van der Waals surface area contributed by atoms with Crippen LogP contribution in [0.2, 0.25) is 5.02 Å². The molecule has 1 unspecified atom stereocenters. The fourth-order valence-electron chi connectivity index (χ4n) is 2.72. The number of imide groups is 1. The maximum absolute atomic E-state index is 13.7. The molecule has 0 aromatic heterocycles. The van der Waals surface area contributed by atoms with Gasteiger partial charge in [-0.25, -0.2) is 9.18 Å². The van der Waals surface area contributed by atoms with Crippen molar-refractivity contribution < 1.29 is 18.8 Å². The predicted molar refractivity (Wildman–Crippen MR) is 81.4 cm³/mol. The van der Waals surface area contributed by atoms with Crippen LogP contribution in [0.3, 0.4) is 0 Å². The summed E-state index contributed by atoms with van der Waals surface area (Å²) in [6.45, 7) is 1.21. The van der Waals surface area contributed by atoms with Crippen LogP contribution in [0.1, 0.15) is 19.8 Å². The molecule has 23 heavy (non-hydrogen) atoms. The van der Waals surface area contributed by atoms with Crippen LogP contribution in [0.15, 0.2) is 18.2 Å². The number of carbonyl (C=O) groups is 3. The smallest absolute Gasteiger partial charge is 0.323 e. The Bertz CT molecular complexity index is 707. The molecule has 2 N–H and O–H groups in total. The first kappa shape index (κ1) is 15.7. The van der Waals surface area contributed by atoms with Crippen LogP contribution in [0, 0.1) is 11.7 Å². The van der Waals surface area contributed by atoms with Crippen LogP contribution in [0.25, 0.3) is 0 Å². The van der Waals surface area contributed by atoms with E-state index in [1.807, 2.05) is 0 Å². The Morgan fingerprint density at radius 1 is 1.48 bits per heavy atom. The van der Waals surface area contributed by atoms with Gasteiger partial charge in [-0.05, 0) is 43.9 Å². The second-order valence-corrected chi connectivity index (χ2v) is 6.41. The summed E-state index contributed by atoms with van der Waals surface area (Å²) in [5, 5.41) is 5.18. The number of nitrogens with zero attached hydrogens (tertiary/aromatic N) is 1. The summed E-state index contributed by atoms with van der Waals surface area (Å²) in [5.74, 6) is -1.65. The SMILES string of the molecule is CC1(C2CC2)NC(=O)N(CC(=O)Nc2ccc(Cl)cc2F)C1=O. The molecule has 0 spiro atoms. The predicted octanol–water partition coefficient (Wildman–Crippen LogP) is 2.14. The molecule has 1 aliphatic carbocycles. The summed E-state index contributed by atoms with van der Waals surface area (Å²) in [6, 6.07) is 3.21. The lowest BCUT2D eigenvalue weighted by molar-refractivity contribution is -0.134. The van der Waals surface area contributed by atoms with Gasteiger partial charge in [0.15, 0.2) is 0 Å². The lowest BCUT2D eigenvalue weighted by atomic mass is 9.96. The van der Waals surface area contributed by atoms with E-state index < -0.39 is 35.7 Å². The van der Waals surface area contributed by atoms with Gasteiger partial charge in [0.2, 0.25) is 5.91 Å². The van der Waals surface area contributed by atoms with E-state index in [4.69, 9.17) is 11.6 Å². The fraction of sp³-hybridized carbons (Fsp3) is 0.400. The molecular weight excluding hydrogens is 325 g/mol. The molecule has 0 radical (unpaired) electrons. The Morgan fingerprint density at radius 2 is 2.17 bits per heavy atom. The van der Waals surface area contributed by atoms with Crippen molar-refractivity contribution in [1.82, 2.24) is 10.2 Å². The number of halogens is 2. The summed E-state index contributed by atoms with van der Waals surface area (Å²) >= 11 is 5.64. The van der Waals surface area contributed by atoms with Gasteiger partial charge >= 0.3 is 6.03 Å². The average Bonchev–Trinajstić information content (AvgIpc) is 3.28. The van der Waals surface area contributed by atoms with Crippen LogP contribution in [-0.2, 0) is 9.59 Å². The quantitative estimate of drug-likeness (QED) is 0.825. The van der Waals surface area contributed by atoms with Crippen molar-refractivity contribution in [1.29, 1.82) is 0 Å². The van der Waals surface area contributed by atoms with Crippen molar-refractivity contribution >= 4 is 35.1 Å². The van der Waals surface area contributed by atoms with Crippen molar-refractivity contribution in [3.8, 4) is 0 Å². The number of hydrogen-bond donors (Lipinski definition) is 2. The Kier molecular flexibility index (Phi) is 3.75. The number of carbonyl (C=O) groups excluding carboxylic acids is 3. The highest BCUT2D eigenvalue weighted by Crippen LogP contribution is 2.42. The monoisotopic (exact) mass is 339 g/mol.